The number of para-hydroxylation sites is 1. The smallest absolute Gasteiger partial charge is 0.504 e. The normalized spacial score (nSPS) is 18.6. The Labute approximate surface area is 347 Å². The van der Waals surface area contributed by atoms with Gasteiger partial charge in [-0.1, -0.05) is 93.0 Å². The summed E-state index contributed by atoms with van der Waals surface area (Å²) in [7, 11) is 2.09. The van der Waals surface area contributed by atoms with Crippen molar-refractivity contribution in [2.24, 2.45) is 5.41 Å². The van der Waals surface area contributed by atoms with Crippen LogP contribution >= 0.6 is 0 Å². The first-order chi connectivity index (χ1) is 25.9. The fourth-order valence-electron chi connectivity index (χ4n) is 9.76. The van der Waals surface area contributed by atoms with Crippen molar-refractivity contribution in [3.8, 4) is 23.1 Å². The van der Waals surface area contributed by atoms with E-state index in [0.29, 0.717) is 5.56 Å². The summed E-state index contributed by atoms with van der Waals surface area (Å²) in [6.07, 6.45) is 1.16. The Morgan fingerprint density at radius 3 is 1.93 bits per heavy atom. The summed E-state index contributed by atoms with van der Waals surface area (Å²) >= 11 is 0. The van der Waals surface area contributed by atoms with Gasteiger partial charge in [-0.25, -0.2) is 5.26 Å². The van der Waals surface area contributed by atoms with Crippen molar-refractivity contribution in [1.82, 2.24) is 9.55 Å². The maximum Gasteiger partial charge on any atom is 3.00 e. The van der Waals surface area contributed by atoms with Gasteiger partial charge in [-0.3, -0.25) is 4.98 Å². The molecule has 0 unspecified atom stereocenters. The van der Waals surface area contributed by atoms with Crippen molar-refractivity contribution in [3.63, 3.8) is 0 Å². The summed E-state index contributed by atoms with van der Waals surface area (Å²) in [5, 5.41) is 9.01. The monoisotopic (exact) mass is 915 g/mol. The second-order valence-corrected chi connectivity index (χ2v) is 18.6. The van der Waals surface area contributed by atoms with Gasteiger partial charge in [-0.15, -0.1) is 47.6 Å². The topological polar surface area (TPSA) is 48.1 Å². The summed E-state index contributed by atoms with van der Waals surface area (Å²) in [4.78, 5) is 9.46. The first kappa shape index (κ1) is 39.5. The van der Waals surface area contributed by atoms with E-state index in [9.17, 15) is 0 Å². The molecule has 56 heavy (non-hydrogen) atoms. The van der Waals surface area contributed by atoms with Gasteiger partial charge in [0.2, 0.25) is 0 Å². The van der Waals surface area contributed by atoms with Gasteiger partial charge >= 0.3 is 20.1 Å². The molecule has 0 saturated carbocycles. The molecule has 0 atom stereocenters. The Bertz CT molecular complexity index is 2480. The third-order valence-corrected chi connectivity index (χ3v) is 13.8. The molecule has 3 aliphatic rings. The Morgan fingerprint density at radius 1 is 0.714 bits per heavy atom. The van der Waals surface area contributed by atoms with Crippen molar-refractivity contribution in [3.05, 3.63) is 144 Å². The number of hydrogen-bond donors (Lipinski definition) is 0. The van der Waals surface area contributed by atoms with Gasteiger partial charge in [-0.05, 0) is 99.2 Å². The van der Waals surface area contributed by atoms with E-state index in [2.05, 4.69) is 182 Å². The third kappa shape index (κ3) is 5.93. The fourth-order valence-corrected chi connectivity index (χ4v) is 9.76. The molecule has 0 spiro atoms. The molecule has 2 aliphatic carbocycles. The van der Waals surface area contributed by atoms with Gasteiger partial charge in [-0.2, -0.15) is 24.9 Å². The van der Waals surface area contributed by atoms with Crippen LogP contribution < -0.4 is 9.80 Å². The van der Waals surface area contributed by atoms with Crippen LogP contribution in [0.2, 0.25) is 0 Å². The number of aromatic nitrogens is 2. The Morgan fingerprint density at radius 2 is 1.34 bits per heavy atom. The van der Waals surface area contributed by atoms with E-state index in [1.807, 2.05) is 24.3 Å². The zero-order chi connectivity index (χ0) is 39.3. The Hall–Kier alpha value is -4.69. The minimum atomic E-state index is 0. The minimum absolute atomic E-state index is 0. The number of rotatable bonds is 3. The molecule has 0 bridgehead atoms. The van der Waals surface area contributed by atoms with Crippen LogP contribution in [0.15, 0.2) is 97.1 Å². The molecule has 0 saturated heterocycles. The summed E-state index contributed by atoms with van der Waals surface area (Å²) in [6.45, 7) is 25.8. The Balaban J connectivity index is 0.000000171. The van der Waals surface area contributed by atoms with Gasteiger partial charge in [0.15, 0.2) is 0 Å². The number of benzene rings is 5. The standard InChI is InChI=1S/C28H29N2.C22H23N3.Ir/c1-26(2)21-17-23-24(18-22(21)27(3,4)28(26,5)6)30(20-15-11-8-12-16-20)25(29-23)19-13-9-7-10-14-19;1-21(2)13-22(3,4)18-11-20-19(10-17(18)21)24(5)14-25(20)16-8-6-15(12-23)7-9-16;/h7-13,15-18H,1-6H3;6-8,10-11,14H,13H2,1-5H3;/q-1;-2;+3. The van der Waals surface area contributed by atoms with Crippen LogP contribution in [0.3, 0.4) is 0 Å². The zero-order valence-corrected chi connectivity index (χ0v) is 37.0. The summed E-state index contributed by atoms with van der Waals surface area (Å²) in [5.41, 5.74) is 14.7. The first-order valence-corrected chi connectivity index (χ1v) is 19.5. The molecule has 6 aromatic rings. The average Bonchev–Trinajstić information content (AvgIpc) is 3.79. The van der Waals surface area contributed by atoms with Crippen LogP contribution in [-0.2, 0) is 41.8 Å². The molecule has 6 heteroatoms. The average molecular weight is 915 g/mol. The van der Waals surface area contributed by atoms with Gasteiger partial charge in [0.05, 0.1) is 16.9 Å². The molecular formula is C50H52IrN5. The van der Waals surface area contributed by atoms with Gasteiger partial charge < -0.3 is 14.4 Å². The molecule has 0 N–H and O–H groups in total. The summed E-state index contributed by atoms with van der Waals surface area (Å²) in [5.74, 6) is 0.940. The predicted molar refractivity (Wildman–Crippen MR) is 227 cm³/mol. The predicted octanol–water partition coefficient (Wildman–Crippen LogP) is 12.1. The van der Waals surface area contributed by atoms with Crippen molar-refractivity contribution in [1.29, 1.82) is 5.26 Å². The number of imidazole rings is 1. The molecule has 5 nitrogen and oxygen atoms in total. The van der Waals surface area contributed by atoms with E-state index >= 15 is 0 Å². The molecule has 1 aromatic heterocycles. The largest absolute Gasteiger partial charge is 3.00 e. The number of anilines is 3. The summed E-state index contributed by atoms with van der Waals surface area (Å²) in [6, 6.07) is 42.4. The molecule has 5 aromatic carbocycles. The van der Waals surface area contributed by atoms with E-state index in [1.165, 1.54) is 33.6 Å². The molecule has 0 fully saturated rings. The fraction of sp³-hybridized carbons (Fsp3) is 0.340. The maximum absolute atomic E-state index is 9.01. The van der Waals surface area contributed by atoms with Crippen molar-refractivity contribution >= 4 is 28.1 Å². The number of hydrogen-bond acceptors (Lipinski definition) is 4. The van der Waals surface area contributed by atoms with E-state index in [1.54, 1.807) is 6.07 Å². The third-order valence-electron chi connectivity index (χ3n) is 13.8. The number of fused-ring (bicyclic) bond motifs is 4. The van der Waals surface area contributed by atoms with Crippen LogP contribution in [0.25, 0.3) is 28.1 Å². The maximum atomic E-state index is 9.01. The summed E-state index contributed by atoms with van der Waals surface area (Å²) < 4.78 is 2.29. The van der Waals surface area contributed by atoms with Crippen LogP contribution in [0.1, 0.15) is 103 Å². The van der Waals surface area contributed by atoms with Crippen molar-refractivity contribution in [2.45, 2.75) is 97.3 Å². The molecule has 2 heterocycles. The quantitative estimate of drug-likeness (QED) is 0.166. The van der Waals surface area contributed by atoms with Crippen LogP contribution in [0, 0.1) is 35.5 Å². The second-order valence-electron chi connectivity index (χ2n) is 18.6. The molecule has 0 amide bonds. The van der Waals surface area contributed by atoms with Crippen LogP contribution in [0.5, 0.6) is 0 Å². The number of nitrogens with zero attached hydrogens (tertiary/aromatic N) is 5. The van der Waals surface area contributed by atoms with Gasteiger partial charge in [0, 0.05) is 23.1 Å². The first-order valence-electron chi connectivity index (χ1n) is 19.5. The molecular weight excluding hydrogens is 863 g/mol. The minimum Gasteiger partial charge on any atom is -0.504 e. The second kappa shape index (κ2) is 13.5. The molecule has 286 valence electrons. The zero-order valence-electron chi connectivity index (χ0n) is 34.6. The van der Waals surface area contributed by atoms with E-state index in [0.717, 1.165) is 40.2 Å². The van der Waals surface area contributed by atoms with Crippen LogP contribution in [-0.4, -0.2) is 16.6 Å². The van der Waals surface area contributed by atoms with Gasteiger partial charge in [0.25, 0.3) is 0 Å². The Kier molecular flexibility index (Phi) is 9.51. The molecule has 0 radical (unpaired) electrons. The van der Waals surface area contributed by atoms with Crippen molar-refractivity contribution < 1.29 is 20.1 Å². The SMILES string of the molecule is CC1(C)c2cc3nc(-c4[c-]cccc4)n(-c4ccccc4)c3cc2C(C)(C)C1(C)C.CN1[CH-]N(c2[c-]cc(C#N)cc2)c2cc3c(cc21)C(C)(C)CC3(C)C.[Ir+3]. The van der Waals surface area contributed by atoms with Gasteiger partial charge in [0.1, 0.15) is 0 Å². The van der Waals surface area contributed by atoms with E-state index < -0.39 is 0 Å². The molecule has 9 rings (SSSR count). The van der Waals surface area contributed by atoms with E-state index in [4.69, 9.17) is 10.2 Å². The molecule has 1 aliphatic heterocycles. The number of nitriles is 1. The van der Waals surface area contributed by atoms with E-state index in [-0.39, 0.29) is 47.2 Å². The van der Waals surface area contributed by atoms with Crippen molar-refractivity contribution in [2.75, 3.05) is 16.8 Å². The van der Waals surface area contributed by atoms with Crippen LogP contribution in [0.4, 0.5) is 17.1 Å².